The molecule has 0 aromatic rings. The van der Waals surface area contributed by atoms with E-state index in [4.69, 9.17) is 23.7 Å². The summed E-state index contributed by atoms with van der Waals surface area (Å²) in [6.45, 7) is 11.8. The number of esters is 1. The number of carbonyl (C=O) groups is 1. The Labute approximate surface area is 406 Å². The van der Waals surface area contributed by atoms with Gasteiger partial charge in [0.15, 0.2) is 12.1 Å². The predicted molar refractivity (Wildman–Crippen MR) is 246 cm³/mol. The summed E-state index contributed by atoms with van der Waals surface area (Å²) in [4.78, 5) is 13.4. The van der Waals surface area contributed by atoms with Gasteiger partial charge in [-0.2, -0.15) is 0 Å². The van der Waals surface area contributed by atoms with Gasteiger partial charge in [-0.1, -0.05) is 40.7 Å². The molecule has 404 valence electrons. The van der Waals surface area contributed by atoms with Crippen molar-refractivity contribution in [2.24, 2.45) is 29.6 Å². The van der Waals surface area contributed by atoms with E-state index in [1.165, 1.54) is 6.08 Å². The van der Waals surface area contributed by atoms with E-state index < -0.39 is 170 Å². The molecule has 26 unspecified atom stereocenters. The molecule has 2 bridgehead atoms. The van der Waals surface area contributed by atoms with Crippen LogP contribution in [0.3, 0.4) is 0 Å². The summed E-state index contributed by atoms with van der Waals surface area (Å²) < 4.78 is 29.5. The van der Waals surface area contributed by atoms with Crippen LogP contribution in [0.2, 0.25) is 0 Å². The summed E-state index contributed by atoms with van der Waals surface area (Å²) in [6.07, 6.45) is -18.2. The van der Waals surface area contributed by atoms with E-state index in [1.54, 1.807) is 48.5 Å². The number of rotatable bonds is 8. The third kappa shape index (κ3) is 17.6. The van der Waals surface area contributed by atoms with Gasteiger partial charge in [-0.3, -0.25) is 0 Å². The van der Waals surface area contributed by atoms with Crippen LogP contribution >= 0.6 is 0 Å². The lowest BCUT2D eigenvalue weighted by Gasteiger charge is -2.45. The number of ether oxygens (including phenoxy) is 5. The minimum Gasteiger partial charge on any atom is -0.458 e. The van der Waals surface area contributed by atoms with Gasteiger partial charge in [0.05, 0.1) is 91.6 Å². The molecule has 20 nitrogen and oxygen atoms in total. The van der Waals surface area contributed by atoms with Gasteiger partial charge in [0.2, 0.25) is 0 Å². The first-order valence-corrected chi connectivity index (χ1v) is 25.3. The third-order valence-corrected chi connectivity index (χ3v) is 15.4. The average Bonchev–Trinajstić information content (AvgIpc) is 4.08. The predicted octanol–water partition coefficient (Wildman–Crippen LogP) is -0.584. The Morgan fingerprint density at radius 3 is 1.93 bits per heavy atom. The normalized spacial score (nSPS) is 45.1. The van der Waals surface area contributed by atoms with Crippen molar-refractivity contribution < 1.29 is 100.0 Å². The summed E-state index contributed by atoms with van der Waals surface area (Å²) in [5, 5.41) is 152. The molecule has 4 aliphatic heterocycles. The summed E-state index contributed by atoms with van der Waals surface area (Å²) >= 11 is 0. The Morgan fingerprint density at radius 1 is 0.652 bits per heavy atom. The lowest BCUT2D eigenvalue weighted by atomic mass is 9.77. The van der Waals surface area contributed by atoms with E-state index in [2.05, 4.69) is 0 Å². The number of fused-ring (bicyclic) bond motifs is 3. The zero-order valence-electron chi connectivity index (χ0n) is 41.5. The van der Waals surface area contributed by atoms with Crippen molar-refractivity contribution in [2.75, 3.05) is 0 Å². The topological polar surface area (TPSA) is 350 Å². The highest BCUT2D eigenvalue weighted by molar-refractivity contribution is 5.82. The van der Waals surface area contributed by atoms with Gasteiger partial charge in [-0.15, -0.1) is 0 Å². The van der Waals surface area contributed by atoms with Crippen molar-refractivity contribution in [3.63, 3.8) is 0 Å². The Balaban J connectivity index is 1.47. The summed E-state index contributed by atoms with van der Waals surface area (Å²) in [6, 6.07) is 0. The van der Waals surface area contributed by atoms with Gasteiger partial charge in [-0.25, -0.2) is 4.79 Å². The first-order valence-electron chi connectivity index (χ1n) is 25.3. The fourth-order valence-electron chi connectivity index (χ4n) is 10.4. The molecule has 26 atom stereocenters. The molecule has 0 amide bonds. The molecule has 69 heavy (non-hydrogen) atoms. The molecule has 4 rings (SSSR count). The molecule has 0 aromatic carbocycles. The maximum Gasteiger partial charge on any atom is 0.330 e. The Morgan fingerprint density at radius 2 is 1.28 bits per heavy atom. The highest BCUT2D eigenvalue weighted by atomic mass is 16.7. The smallest absolute Gasteiger partial charge is 0.330 e. The summed E-state index contributed by atoms with van der Waals surface area (Å²) in [5.74, 6) is -6.45. The second-order valence-electron chi connectivity index (χ2n) is 21.3. The minimum atomic E-state index is -2.36. The monoisotopic (exact) mass is 997 g/mol. The summed E-state index contributed by atoms with van der Waals surface area (Å²) in [7, 11) is 0. The van der Waals surface area contributed by atoms with Crippen LogP contribution in [0.15, 0.2) is 12.2 Å². The van der Waals surface area contributed by atoms with E-state index in [0.717, 1.165) is 6.08 Å². The molecule has 4 heterocycles. The minimum absolute atomic E-state index is 0.0279. The number of epoxide rings is 1. The van der Waals surface area contributed by atoms with Crippen LogP contribution < -0.4 is 0 Å². The molecule has 0 aromatic heterocycles. The quantitative estimate of drug-likeness (QED) is 0.107. The molecule has 20 heteroatoms. The molecule has 3 fully saturated rings. The highest BCUT2D eigenvalue weighted by Crippen LogP contribution is 2.40. The highest BCUT2D eigenvalue weighted by Gasteiger charge is 2.53. The molecule has 14 N–H and O–H groups in total. The van der Waals surface area contributed by atoms with Crippen LogP contribution in [0.1, 0.15) is 132 Å². The van der Waals surface area contributed by atoms with Crippen molar-refractivity contribution in [3.8, 4) is 0 Å². The van der Waals surface area contributed by atoms with Gasteiger partial charge in [0, 0.05) is 49.0 Å². The molecule has 4 aliphatic rings. The Bertz CT molecular complexity index is 1530. The maximum absolute atomic E-state index is 13.4. The zero-order valence-corrected chi connectivity index (χ0v) is 41.5. The van der Waals surface area contributed by atoms with Gasteiger partial charge >= 0.3 is 5.97 Å². The van der Waals surface area contributed by atoms with E-state index in [0.29, 0.717) is 6.42 Å². The van der Waals surface area contributed by atoms with Crippen molar-refractivity contribution >= 4 is 5.97 Å². The number of carbonyl (C=O) groups excluding carboxylic acids is 1. The fraction of sp³-hybridized carbons (Fsp3) is 0.939. The van der Waals surface area contributed by atoms with E-state index in [1.807, 2.05) is 0 Å². The van der Waals surface area contributed by atoms with Crippen molar-refractivity contribution in [1.82, 2.24) is 0 Å². The van der Waals surface area contributed by atoms with E-state index in [9.17, 15) is 76.3 Å². The summed E-state index contributed by atoms with van der Waals surface area (Å²) in [5.41, 5.74) is 0. The molecule has 0 aliphatic carbocycles. The Kier molecular flexibility index (Phi) is 23.6. The number of aliphatic hydroxyl groups is 14. The first kappa shape index (κ1) is 60.0. The largest absolute Gasteiger partial charge is 0.458 e. The molecule has 3 saturated heterocycles. The Hall–Kier alpha value is -1.51. The van der Waals surface area contributed by atoms with Gasteiger partial charge in [0.1, 0.15) is 24.4 Å². The number of hydrogen-bond donors (Lipinski definition) is 14. The maximum atomic E-state index is 13.4. The van der Waals surface area contributed by atoms with Gasteiger partial charge in [0.25, 0.3) is 0 Å². The molecule has 0 spiro atoms. The number of cyclic esters (lactones) is 1. The van der Waals surface area contributed by atoms with Crippen LogP contribution in [0, 0.1) is 29.6 Å². The van der Waals surface area contributed by atoms with Crippen molar-refractivity contribution in [3.05, 3.63) is 12.2 Å². The van der Waals surface area contributed by atoms with Crippen LogP contribution in [0.25, 0.3) is 0 Å². The zero-order chi connectivity index (χ0) is 51.7. The van der Waals surface area contributed by atoms with Crippen LogP contribution in [-0.2, 0) is 28.5 Å². The number of hydrogen-bond acceptors (Lipinski definition) is 20. The molecular weight excluding hydrogens is 909 g/mol. The van der Waals surface area contributed by atoms with Crippen LogP contribution in [0.5, 0.6) is 0 Å². The van der Waals surface area contributed by atoms with Gasteiger partial charge < -0.3 is 95.2 Å². The lowest BCUT2D eigenvalue weighted by molar-refractivity contribution is -0.333. The van der Waals surface area contributed by atoms with Gasteiger partial charge in [-0.05, 0) is 84.0 Å². The average molecular weight is 997 g/mol. The SMILES string of the molecule is CC1CCC(O)CC(O)CC(O)CC=CC(=O)OC(C(C)C(O)C(C)C(O)C(C)C(C)OC2CC(O)C(O)C(C)O2)C(C)C2OC2C(O)CCCC(O)CC(O)CC2CC(O)C(O)C(O)(CC1O)O2. The number of aliphatic hydroxyl groups excluding tert-OH is 13. The van der Waals surface area contributed by atoms with E-state index in [-0.39, 0.29) is 70.6 Å². The molecule has 0 radical (unpaired) electrons. The van der Waals surface area contributed by atoms with Crippen molar-refractivity contribution in [1.29, 1.82) is 0 Å². The lowest BCUT2D eigenvalue weighted by Crippen LogP contribution is -2.59. The van der Waals surface area contributed by atoms with Crippen molar-refractivity contribution in [2.45, 2.75) is 260 Å². The molecule has 0 saturated carbocycles. The fourth-order valence-corrected chi connectivity index (χ4v) is 10.4. The van der Waals surface area contributed by atoms with E-state index >= 15 is 0 Å². The standard InChI is InChI=1S/C49H88O20/c1-23-14-15-32(52)18-33(53)16-31(51)11-9-13-40(59)67-45(26(4)43(61)25(3)42(60)24(2)28(6)65-41-21-37(56)44(62)29(7)66-41)27(5)46-47(68-46)36(55)12-8-10-30(50)17-34(54)19-35-20-38(57)48(63)49(64,69-35)22-39(23)58/h9,13,23-39,41-48,50-58,60-64H,8,10-12,14-22H2,1-7H3. The van der Waals surface area contributed by atoms with Crippen LogP contribution in [0.4, 0.5) is 0 Å². The second-order valence-corrected chi connectivity index (χ2v) is 21.3. The first-order chi connectivity index (χ1) is 32.2. The van der Waals surface area contributed by atoms with Crippen LogP contribution in [-0.4, -0.2) is 206 Å². The third-order valence-electron chi connectivity index (χ3n) is 15.4. The molecular formula is C49H88O20. The second kappa shape index (κ2) is 27.1.